The molecule has 1 atom stereocenters. The van der Waals surface area contributed by atoms with Crippen LogP contribution in [0.15, 0.2) is 53.4 Å². The van der Waals surface area contributed by atoms with Gasteiger partial charge >= 0.3 is 0 Å². The van der Waals surface area contributed by atoms with E-state index in [1.807, 2.05) is 61.7 Å². The first-order chi connectivity index (χ1) is 12.1. The number of anilines is 1. The van der Waals surface area contributed by atoms with E-state index in [2.05, 4.69) is 5.32 Å². The molecule has 130 valence electrons. The fourth-order valence-corrected chi connectivity index (χ4v) is 3.62. The number of fused-ring (bicyclic) bond motifs is 1. The van der Waals surface area contributed by atoms with Crippen molar-refractivity contribution in [1.82, 2.24) is 4.90 Å². The maximum atomic E-state index is 12.9. The largest absolute Gasteiger partial charge is 0.324 e. The molecule has 1 aliphatic heterocycles. The first-order valence-corrected chi connectivity index (χ1v) is 9.70. The van der Waals surface area contributed by atoms with Crippen molar-refractivity contribution in [1.29, 1.82) is 0 Å². The minimum Gasteiger partial charge on any atom is -0.324 e. The van der Waals surface area contributed by atoms with E-state index in [9.17, 15) is 9.59 Å². The molecule has 2 aromatic rings. The molecule has 1 aliphatic rings. The van der Waals surface area contributed by atoms with Gasteiger partial charge in [0.25, 0.3) is 5.91 Å². The molecule has 2 amide bonds. The lowest BCUT2D eigenvalue weighted by Crippen LogP contribution is -2.44. The Morgan fingerprint density at radius 2 is 2.04 bits per heavy atom. The number of nitrogens with one attached hydrogen (secondary N) is 1. The Labute approximate surface area is 152 Å². The molecule has 0 unspecified atom stereocenters. The summed E-state index contributed by atoms with van der Waals surface area (Å²) in [5.41, 5.74) is 2.47. The van der Waals surface area contributed by atoms with Crippen LogP contribution in [0, 0.1) is 0 Å². The Morgan fingerprint density at radius 1 is 1.24 bits per heavy atom. The van der Waals surface area contributed by atoms with Crippen molar-refractivity contribution in [3.05, 3.63) is 59.7 Å². The SMILES string of the molecule is CCC[C@H](C(=O)Nc1cccc(SC)c1)N1Cc2ccccc2C1=O. The molecule has 0 saturated heterocycles. The van der Waals surface area contributed by atoms with E-state index in [-0.39, 0.29) is 11.8 Å². The molecule has 0 saturated carbocycles. The molecule has 0 bridgehead atoms. The highest BCUT2D eigenvalue weighted by Crippen LogP contribution is 2.27. The first kappa shape index (κ1) is 17.5. The van der Waals surface area contributed by atoms with Crippen molar-refractivity contribution in [3.8, 4) is 0 Å². The third kappa shape index (κ3) is 3.71. The Hall–Kier alpha value is -2.27. The fourth-order valence-electron chi connectivity index (χ4n) is 3.16. The summed E-state index contributed by atoms with van der Waals surface area (Å²) in [6.45, 7) is 2.53. The average Bonchev–Trinajstić information content (AvgIpc) is 2.96. The van der Waals surface area contributed by atoms with Crippen LogP contribution in [0.1, 0.15) is 35.7 Å². The Morgan fingerprint density at radius 3 is 2.76 bits per heavy atom. The standard InChI is InChI=1S/C20H22N2O2S/c1-3-7-18(19(23)21-15-9-6-10-16(12-15)25-2)22-13-14-8-4-5-11-17(14)20(22)24/h4-6,8-12,18H,3,7,13H2,1-2H3,(H,21,23)/t18-/m1/s1. The third-order valence-electron chi connectivity index (χ3n) is 4.43. The summed E-state index contributed by atoms with van der Waals surface area (Å²) in [4.78, 5) is 28.4. The Balaban J connectivity index is 1.79. The van der Waals surface area contributed by atoms with Gasteiger partial charge in [-0.3, -0.25) is 9.59 Å². The molecule has 0 spiro atoms. The highest BCUT2D eigenvalue weighted by Gasteiger charge is 2.35. The molecule has 5 heteroatoms. The van der Waals surface area contributed by atoms with Gasteiger partial charge in [0.2, 0.25) is 5.91 Å². The zero-order chi connectivity index (χ0) is 17.8. The maximum absolute atomic E-state index is 12.9. The van der Waals surface area contributed by atoms with Gasteiger partial charge in [-0.05, 0) is 42.5 Å². The van der Waals surface area contributed by atoms with Crippen LogP contribution in [0.25, 0.3) is 0 Å². The average molecular weight is 354 g/mol. The second-order valence-corrected chi connectivity index (χ2v) is 7.00. The Kier molecular flexibility index (Phi) is 5.43. The molecule has 0 radical (unpaired) electrons. The van der Waals surface area contributed by atoms with Crippen molar-refractivity contribution in [2.45, 2.75) is 37.2 Å². The van der Waals surface area contributed by atoms with Crippen LogP contribution in [-0.2, 0) is 11.3 Å². The molecule has 3 rings (SSSR count). The number of carbonyl (C=O) groups is 2. The number of hydrogen-bond acceptors (Lipinski definition) is 3. The van der Waals surface area contributed by atoms with Crippen LogP contribution in [0.3, 0.4) is 0 Å². The predicted octanol–water partition coefficient (Wildman–Crippen LogP) is 4.17. The summed E-state index contributed by atoms with van der Waals surface area (Å²) >= 11 is 1.63. The lowest BCUT2D eigenvalue weighted by molar-refractivity contribution is -0.120. The van der Waals surface area contributed by atoms with Crippen LogP contribution in [0.2, 0.25) is 0 Å². The molecule has 2 aromatic carbocycles. The summed E-state index contributed by atoms with van der Waals surface area (Å²) in [5, 5.41) is 2.98. The molecule has 1 N–H and O–H groups in total. The number of amides is 2. The summed E-state index contributed by atoms with van der Waals surface area (Å²) in [5.74, 6) is -0.177. The normalized spacial score (nSPS) is 14.3. The van der Waals surface area contributed by atoms with E-state index in [0.717, 1.165) is 22.6 Å². The van der Waals surface area contributed by atoms with Crippen molar-refractivity contribution < 1.29 is 9.59 Å². The summed E-state index contributed by atoms with van der Waals surface area (Å²) in [6, 6.07) is 14.9. The number of thioether (sulfide) groups is 1. The third-order valence-corrected chi connectivity index (χ3v) is 5.15. The number of carbonyl (C=O) groups excluding carboxylic acids is 2. The molecular weight excluding hydrogens is 332 g/mol. The highest BCUT2D eigenvalue weighted by atomic mass is 32.2. The van der Waals surface area contributed by atoms with Crippen LogP contribution in [0.4, 0.5) is 5.69 Å². The lowest BCUT2D eigenvalue weighted by atomic mass is 10.1. The van der Waals surface area contributed by atoms with Gasteiger partial charge in [-0.25, -0.2) is 0 Å². The van der Waals surface area contributed by atoms with E-state index >= 15 is 0 Å². The lowest BCUT2D eigenvalue weighted by Gasteiger charge is -2.26. The first-order valence-electron chi connectivity index (χ1n) is 8.47. The van der Waals surface area contributed by atoms with Crippen LogP contribution in [-0.4, -0.2) is 29.0 Å². The molecule has 4 nitrogen and oxygen atoms in total. The van der Waals surface area contributed by atoms with Gasteiger partial charge in [0.05, 0.1) is 0 Å². The van der Waals surface area contributed by atoms with Gasteiger partial charge in [-0.15, -0.1) is 11.8 Å². The van der Waals surface area contributed by atoms with E-state index in [4.69, 9.17) is 0 Å². The number of benzene rings is 2. The second kappa shape index (κ2) is 7.74. The fraction of sp³-hybridized carbons (Fsp3) is 0.300. The summed E-state index contributed by atoms with van der Waals surface area (Å²) < 4.78 is 0. The Bertz CT molecular complexity index is 791. The van der Waals surface area contributed by atoms with Gasteiger partial charge in [0.15, 0.2) is 0 Å². The zero-order valence-electron chi connectivity index (χ0n) is 14.5. The van der Waals surface area contributed by atoms with Crippen LogP contribution in [0.5, 0.6) is 0 Å². The van der Waals surface area contributed by atoms with Gasteiger partial charge in [-0.2, -0.15) is 0 Å². The van der Waals surface area contributed by atoms with Crippen molar-refractivity contribution in [2.24, 2.45) is 0 Å². The minimum absolute atomic E-state index is 0.0536. The second-order valence-electron chi connectivity index (χ2n) is 6.12. The van der Waals surface area contributed by atoms with E-state index in [0.29, 0.717) is 18.5 Å². The van der Waals surface area contributed by atoms with Gasteiger partial charge in [0, 0.05) is 22.7 Å². The minimum atomic E-state index is -0.456. The van der Waals surface area contributed by atoms with Crippen molar-refractivity contribution >= 4 is 29.3 Å². The van der Waals surface area contributed by atoms with Gasteiger partial charge in [0.1, 0.15) is 6.04 Å². The molecule has 0 aliphatic carbocycles. The molecule has 1 heterocycles. The van der Waals surface area contributed by atoms with Gasteiger partial charge in [-0.1, -0.05) is 37.6 Å². The topological polar surface area (TPSA) is 49.4 Å². The smallest absolute Gasteiger partial charge is 0.255 e. The molecule has 0 aromatic heterocycles. The van der Waals surface area contributed by atoms with E-state index < -0.39 is 6.04 Å². The monoisotopic (exact) mass is 354 g/mol. The zero-order valence-corrected chi connectivity index (χ0v) is 15.3. The number of rotatable bonds is 6. The highest BCUT2D eigenvalue weighted by molar-refractivity contribution is 7.98. The molecular formula is C20H22N2O2S. The van der Waals surface area contributed by atoms with Crippen molar-refractivity contribution in [2.75, 3.05) is 11.6 Å². The molecule has 0 fully saturated rings. The number of hydrogen-bond donors (Lipinski definition) is 1. The quantitative estimate of drug-likeness (QED) is 0.792. The summed E-state index contributed by atoms with van der Waals surface area (Å²) in [6.07, 6.45) is 3.48. The van der Waals surface area contributed by atoms with E-state index in [1.54, 1.807) is 16.7 Å². The predicted molar refractivity (Wildman–Crippen MR) is 102 cm³/mol. The van der Waals surface area contributed by atoms with Gasteiger partial charge < -0.3 is 10.2 Å². The van der Waals surface area contributed by atoms with Crippen LogP contribution < -0.4 is 5.32 Å². The van der Waals surface area contributed by atoms with E-state index in [1.165, 1.54) is 0 Å². The van der Waals surface area contributed by atoms with Crippen molar-refractivity contribution in [3.63, 3.8) is 0 Å². The maximum Gasteiger partial charge on any atom is 0.255 e. The van der Waals surface area contributed by atoms with Crippen LogP contribution >= 0.6 is 11.8 Å². The number of nitrogens with zero attached hydrogens (tertiary/aromatic N) is 1. The molecule has 25 heavy (non-hydrogen) atoms. The summed E-state index contributed by atoms with van der Waals surface area (Å²) in [7, 11) is 0.